The molecule has 3 heteroatoms. The number of morpholine rings is 1. The molecule has 1 atom stereocenters. The Bertz CT molecular complexity index is 399. The Balaban J connectivity index is 1.89. The minimum absolute atomic E-state index is 0.561. The molecule has 0 amide bonds. The molecule has 1 aromatic carbocycles. The molecule has 0 spiro atoms. The van der Waals surface area contributed by atoms with Crippen LogP contribution in [-0.2, 0) is 11.2 Å². The molecule has 1 heterocycles. The molecule has 2 N–H and O–H groups in total. The van der Waals surface area contributed by atoms with E-state index in [0.717, 1.165) is 32.0 Å². The van der Waals surface area contributed by atoms with Gasteiger partial charge in [0.2, 0.25) is 0 Å². The molecule has 0 bridgehead atoms. The summed E-state index contributed by atoms with van der Waals surface area (Å²) in [5.74, 6) is 0. The first-order chi connectivity index (χ1) is 8.34. The maximum absolute atomic E-state index is 5.93. The number of ether oxygens (including phenoxy) is 1. The van der Waals surface area contributed by atoms with E-state index in [0.29, 0.717) is 6.04 Å². The Labute approximate surface area is 103 Å². The van der Waals surface area contributed by atoms with Gasteiger partial charge in [-0.25, -0.2) is 0 Å². The molecular formula is C14H20N2O. The number of hydrogen-bond donors (Lipinski definition) is 1. The molecule has 0 saturated carbocycles. The van der Waals surface area contributed by atoms with Crippen molar-refractivity contribution in [3.05, 3.63) is 29.3 Å². The average Bonchev–Trinajstić information content (AvgIpc) is 2.39. The van der Waals surface area contributed by atoms with E-state index in [2.05, 4.69) is 17.0 Å². The highest BCUT2D eigenvalue weighted by Gasteiger charge is 2.27. The topological polar surface area (TPSA) is 38.5 Å². The highest BCUT2D eigenvalue weighted by Crippen LogP contribution is 2.35. The number of rotatable bonds is 1. The second-order valence-electron chi connectivity index (χ2n) is 5.01. The number of nitrogen functional groups attached to an aromatic ring is 1. The maximum atomic E-state index is 5.93. The molecule has 0 aromatic heterocycles. The number of nitrogens with zero attached hydrogens (tertiary/aromatic N) is 1. The Morgan fingerprint density at radius 3 is 2.88 bits per heavy atom. The molecule has 2 aliphatic rings. The van der Waals surface area contributed by atoms with E-state index < -0.39 is 0 Å². The maximum Gasteiger partial charge on any atom is 0.0594 e. The molecular weight excluding hydrogens is 212 g/mol. The van der Waals surface area contributed by atoms with Crippen molar-refractivity contribution in [3.63, 3.8) is 0 Å². The molecule has 0 radical (unpaired) electrons. The lowest BCUT2D eigenvalue weighted by Gasteiger charge is -2.38. The van der Waals surface area contributed by atoms with Gasteiger partial charge in [-0.3, -0.25) is 4.90 Å². The van der Waals surface area contributed by atoms with E-state index in [1.54, 1.807) is 0 Å². The van der Waals surface area contributed by atoms with Crippen molar-refractivity contribution < 1.29 is 4.74 Å². The SMILES string of the molecule is Nc1ccc2c(c1)C(N1CCOCC1)CCC2. The first kappa shape index (κ1) is 11.1. The second-order valence-corrected chi connectivity index (χ2v) is 5.01. The average molecular weight is 232 g/mol. The Morgan fingerprint density at radius 2 is 2.06 bits per heavy atom. The standard InChI is InChI=1S/C14H20N2O/c15-12-5-4-11-2-1-3-14(13(11)10-12)16-6-8-17-9-7-16/h4-5,10,14H,1-3,6-9,15H2. The normalized spacial score (nSPS) is 25.5. The van der Waals surface area contributed by atoms with Gasteiger partial charge in [0.05, 0.1) is 13.2 Å². The smallest absolute Gasteiger partial charge is 0.0594 e. The Morgan fingerprint density at radius 1 is 1.24 bits per heavy atom. The van der Waals surface area contributed by atoms with E-state index in [9.17, 15) is 0 Å². The Kier molecular flexibility index (Phi) is 3.04. The predicted octanol–water partition coefficient (Wildman–Crippen LogP) is 1.98. The number of fused-ring (bicyclic) bond motifs is 1. The van der Waals surface area contributed by atoms with E-state index >= 15 is 0 Å². The van der Waals surface area contributed by atoms with E-state index in [4.69, 9.17) is 10.5 Å². The third-order valence-electron chi connectivity index (χ3n) is 3.94. The van der Waals surface area contributed by atoms with Gasteiger partial charge in [0.1, 0.15) is 0 Å². The molecule has 92 valence electrons. The van der Waals surface area contributed by atoms with Crippen LogP contribution in [-0.4, -0.2) is 31.2 Å². The van der Waals surface area contributed by atoms with Crippen molar-refractivity contribution >= 4 is 5.69 Å². The van der Waals surface area contributed by atoms with Crippen LogP contribution in [0.4, 0.5) is 5.69 Å². The fourth-order valence-corrected chi connectivity index (χ4v) is 3.06. The minimum atomic E-state index is 0.561. The number of benzene rings is 1. The van der Waals surface area contributed by atoms with Gasteiger partial charge in [-0.2, -0.15) is 0 Å². The van der Waals surface area contributed by atoms with Crippen LogP contribution in [0.5, 0.6) is 0 Å². The summed E-state index contributed by atoms with van der Waals surface area (Å²) >= 11 is 0. The Hall–Kier alpha value is -1.06. The second kappa shape index (κ2) is 4.67. The first-order valence-corrected chi connectivity index (χ1v) is 6.55. The van der Waals surface area contributed by atoms with Gasteiger partial charge in [-0.15, -0.1) is 0 Å². The van der Waals surface area contributed by atoms with E-state index in [-0.39, 0.29) is 0 Å². The van der Waals surface area contributed by atoms with E-state index in [1.165, 1.54) is 30.4 Å². The number of aryl methyl sites for hydroxylation is 1. The molecule has 3 rings (SSSR count). The highest BCUT2D eigenvalue weighted by molar-refractivity contribution is 5.47. The van der Waals surface area contributed by atoms with Crippen LogP contribution in [0.15, 0.2) is 18.2 Å². The van der Waals surface area contributed by atoms with Crippen molar-refractivity contribution in [3.8, 4) is 0 Å². The molecule has 3 nitrogen and oxygen atoms in total. The van der Waals surface area contributed by atoms with Gasteiger partial charge in [-0.05, 0) is 42.5 Å². The number of anilines is 1. The summed E-state index contributed by atoms with van der Waals surface area (Å²) in [5, 5.41) is 0. The summed E-state index contributed by atoms with van der Waals surface area (Å²) in [5.41, 5.74) is 9.77. The third-order valence-corrected chi connectivity index (χ3v) is 3.94. The van der Waals surface area contributed by atoms with E-state index in [1.807, 2.05) is 6.07 Å². The summed E-state index contributed by atoms with van der Waals surface area (Å²) in [4.78, 5) is 2.56. The zero-order valence-corrected chi connectivity index (χ0v) is 10.2. The summed E-state index contributed by atoms with van der Waals surface area (Å²) in [6, 6.07) is 6.97. The summed E-state index contributed by atoms with van der Waals surface area (Å²) in [6.07, 6.45) is 3.76. The summed E-state index contributed by atoms with van der Waals surface area (Å²) in [7, 11) is 0. The molecule has 1 unspecified atom stereocenters. The van der Waals surface area contributed by atoms with Crippen LogP contribution < -0.4 is 5.73 Å². The third kappa shape index (κ3) is 2.17. The summed E-state index contributed by atoms with van der Waals surface area (Å²) in [6.45, 7) is 3.85. The molecule has 1 aliphatic carbocycles. The lowest BCUT2D eigenvalue weighted by Crippen LogP contribution is -2.40. The number of hydrogen-bond acceptors (Lipinski definition) is 3. The quantitative estimate of drug-likeness (QED) is 0.752. The van der Waals surface area contributed by atoms with Gasteiger partial charge >= 0.3 is 0 Å². The van der Waals surface area contributed by atoms with Gasteiger partial charge < -0.3 is 10.5 Å². The van der Waals surface area contributed by atoms with Crippen molar-refractivity contribution in [2.75, 3.05) is 32.0 Å². The first-order valence-electron chi connectivity index (χ1n) is 6.55. The predicted molar refractivity (Wildman–Crippen MR) is 68.9 cm³/mol. The van der Waals surface area contributed by atoms with Crippen molar-refractivity contribution in [1.29, 1.82) is 0 Å². The monoisotopic (exact) mass is 232 g/mol. The van der Waals surface area contributed by atoms with Crippen molar-refractivity contribution in [1.82, 2.24) is 4.90 Å². The van der Waals surface area contributed by atoms with Gasteiger partial charge in [0.15, 0.2) is 0 Å². The van der Waals surface area contributed by atoms with Crippen LogP contribution in [0.2, 0.25) is 0 Å². The number of nitrogens with two attached hydrogens (primary N) is 1. The lowest BCUT2D eigenvalue weighted by atomic mass is 9.86. The van der Waals surface area contributed by atoms with Crippen LogP contribution >= 0.6 is 0 Å². The lowest BCUT2D eigenvalue weighted by molar-refractivity contribution is 0.0124. The fraction of sp³-hybridized carbons (Fsp3) is 0.571. The molecule has 1 aliphatic heterocycles. The van der Waals surface area contributed by atoms with Gasteiger partial charge in [0.25, 0.3) is 0 Å². The minimum Gasteiger partial charge on any atom is -0.399 e. The van der Waals surface area contributed by atoms with Crippen LogP contribution in [0.25, 0.3) is 0 Å². The van der Waals surface area contributed by atoms with Crippen molar-refractivity contribution in [2.45, 2.75) is 25.3 Å². The summed E-state index contributed by atoms with van der Waals surface area (Å²) < 4.78 is 5.44. The van der Waals surface area contributed by atoms with Crippen LogP contribution in [0, 0.1) is 0 Å². The fourth-order valence-electron chi connectivity index (χ4n) is 3.06. The van der Waals surface area contributed by atoms with Gasteiger partial charge in [-0.1, -0.05) is 6.07 Å². The van der Waals surface area contributed by atoms with Crippen molar-refractivity contribution in [2.24, 2.45) is 0 Å². The zero-order valence-electron chi connectivity index (χ0n) is 10.2. The van der Waals surface area contributed by atoms with Crippen LogP contribution in [0.1, 0.15) is 30.0 Å². The molecule has 1 fully saturated rings. The largest absolute Gasteiger partial charge is 0.399 e. The highest BCUT2D eigenvalue weighted by atomic mass is 16.5. The zero-order chi connectivity index (χ0) is 11.7. The van der Waals surface area contributed by atoms with Crippen LogP contribution in [0.3, 0.4) is 0 Å². The van der Waals surface area contributed by atoms with Gasteiger partial charge in [0, 0.05) is 24.8 Å². The molecule has 1 saturated heterocycles. The molecule has 1 aromatic rings. The molecule has 17 heavy (non-hydrogen) atoms.